The van der Waals surface area contributed by atoms with Crippen LogP contribution in [0.4, 0.5) is 5.13 Å². The molecule has 7 nitrogen and oxygen atoms in total. The fraction of sp³-hybridized carbons (Fsp3) is 0.333. The van der Waals surface area contributed by atoms with Gasteiger partial charge >= 0.3 is 0 Å². The molecule has 1 aliphatic rings. The zero-order chi connectivity index (χ0) is 20.2. The number of carbonyl (C=O) groups is 1. The van der Waals surface area contributed by atoms with Crippen molar-refractivity contribution in [3.05, 3.63) is 42.5 Å². The number of amides is 1. The van der Waals surface area contributed by atoms with Gasteiger partial charge in [-0.1, -0.05) is 29.5 Å². The number of ether oxygens (including phenoxy) is 3. The summed E-state index contributed by atoms with van der Waals surface area (Å²) in [7, 11) is 3.24. The van der Waals surface area contributed by atoms with E-state index < -0.39 is 0 Å². The van der Waals surface area contributed by atoms with Crippen molar-refractivity contribution < 1.29 is 19.0 Å². The molecule has 8 heteroatoms. The Morgan fingerprint density at radius 3 is 2.38 bits per heavy atom. The second-order valence-electron chi connectivity index (χ2n) is 6.61. The van der Waals surface area contributed by atoms with E-state index in [2.05, 4.69) is 4.90 Å². The average molecular weight is 413 g/mol. The summed E-state index contributed by atoms with van der Waals surface area (Å²) in [5, 5.41) is 0.960. The molecule has 152 valence electrons. The molecule has 3 aromatic rings. The van der Waals surface area contributed by atoms with Gasteiger partial charge in [-0.2, -0.15) is 0 Å². The van der Waals surface area contributed by atoms with Crippen LogP contribution in [0.5, 0.6) is 17.2 Å². The van der Waals surface area contributed by atoms with Gasteiger partial charge in [0.05, 0.1) is 18.9 Å². The van der Waals surface area contributed by atoms with Crippen LogP contribution in [0.3, 0.4) is 0 Å². The van der Waals surface area contributed by atoms with E-state index in [0.29, 0.717) is 24.6 Å². The molecule has 1 aliphatic heterocycles. The maximum Gasteiger partial charge on any atom is 0.260 e. The predicted molar refractivity (Wildman–Crippen MR) is 113 cm³/mol. The molecule has 2 aromatic carbocycles. The molecule has 0 unspecified atom stereocenters. The Balaban J connectivity index is 1.35. The molecule has 2 heterocycles. The monoisotopic (exact) mass is 413 g/mol. The molecule has 29 heavy (non-hydrogen) atoms. The molecule has 0 atom stereocenters. The van der Waals surface area contributed by atoms with Crippen molar-refractivity contribution in [3.63, 3.8) is 0 Å². The van der Waals surface area contributed by atoms with Crippen molar-refractivity contribution in [1.82, 2.24) is 9.88 Å². The van der Waals surface area contributed by atoms with E-state index >= 15 is 0 Å². The van der Waals surface area contributed by atoms with E-state index in [0.717, 1.165) is 34.2 Å². The molecule has 4 rings (SSSR count). The Hall–Kier alpha value is -3.00. The lowest BCUT2D eigenvalue weighted by Crippen LogP contribution is -2.50. The van der Waals surface area contributed by atoms with E-state index in [1.165, 1.54) is 0 Å². The van der Waals surface area contributed by atoms with Gasteiger partial charge in [-0.05, 0) is 24.3 Å². The minimum absolute atomic E-state index is 0.00128. The summed E-state index contributed by atoms with van der Waals surface area (Å²) in [5.74, 6) is 1.95. The van der Waals surface area contributed by atoms with Gasteiger partial charge in [0.1, 0.15) is 11.3 Å². The molecule has 1 aromatic heterocycles. The zero-order valence-corrected chi connectivity index (χ0v) is 17.3. The van der Waals surface area contributed by atoms with Crippen molar-refractivity contribution >= 4 is 32.6 Å². The lowest BCUT2D eigenvalue weighted by atomic mass is 10.3. The number of rotatable bonds is 6. The van der Waals surface area contributed by atoms with Crippen LogP contribution in [-0.4, -0.2) is 62.8 Å². The predicted octanol–water partition coefficient (Wildman–Crippen LogP) is 3.04. The number of aromatic nitrogens is 1. The highest BCUT2D eigenvalue weighted by Crippen LogP contribution is 2.34. The van der Waals surface area contributed by atoms with Gasteiger partial charge in [0, 0.05) is 26.2 Å². The first-order chi connectivity index (χ1) is 14.2. The van der Waals surface area contributed by atoms with Crippen LogP contribution in [0.1, 0.15) is 0 Å². The summed E-state index contributed by atoms with van der Waals surface area (Å²) in [6.45, 7) is 2.76. The molecule has 0 aliphatic carbocycles. The fourth-order valence-corrected chi connectivity index (χ4v) is 4.36. The molecular weight excluding hydrogens is 390 g/mol. The van der Waals surface area contributed by atoms with Crippen molar-refractivity contribution in [3.8, 4) is 17.2 Å². The number of hydrogen-bond acceptors (Lipinski definition) is 7. The summed E-state index contributed by atoms with van der Waals surface area (Å²) >= 11 is 1.65. The van der Waals surface area contributed by atoms with Crippen LogP contribution >= 0.6 is 11.3 Å². The minimum Gasteiger partial charge on any atom is -0.494 e. The maximum atomic E-state index is 12.6. The summed E-state index contributed by atoms with van der Waals surface area (Å²) in [5.41, 5.74) is 0.888. The van der Waals surface area contributed by atoms with Crippen LogP contribution in [0.25, 0.3) is 10.2 Å². The van der Waals surface area contributed by atoms with Gasteiger partial charge in [-0.25, -0.2) is 4.98 Å². The fourth-order valence-electron chi connectivity index (χ4n) is 3.33. The van der Waals surface area contributed by atoms with Crippen molar-refractivity contribution in [2.45, 2.75) is 0 Å². The number of piperazine rings is 1. The van der Waals surface area contributed by atoms with E-state index in [9.17, 15) is 4.79 Å². The Bertz CT molecular complexity index is 999. The third-order valence-electron chi connectivity index (χ3n) is 4.91. The quantitative estimate of drug-likeness (QED) is 0.619. The van der Waals surface area contributed by atoms with Crippen molar-refractivity contribution in [1.29, 1.82) is 0 Å². The van der Waals surface area contributed by atoms with E-state index in [4.69, 9.17) is 19.2 Å². The van der Waals surface area contributed by atoms with Gasteiger partial charge in [0.2, 0.25) is 0 Å². The molecule has 0 spiro atoms. The highest BCUT2D eigenvalue weighted by Gasteiger charge is 2.24. The topological polar surface area (TPSA) is 64.1 Å². The summed E-state index contributed by atoms with van der Waals surface area (Å²) < 4.78 is 17.4. The molecule has 0 N–H and O–H groups in total. The maximum absolute atomic E-state index is 12.6. The van der Waals surface area contributed by atoms with Gasteiger partial charge in [0.15, 0.2) is 23.2 Å². The molecule has 0 bridgehead atoms. The second-order valence-corrected chi connectivity index (χ2v) is 7.62. The van der Waals surface area contributed by atoms with Crippen molar-refractivity contribution in [2.24, 2.45) is 0 Å². The van der Waals surface area contributed by atoms with E-state index in [-0.39, 0.29) is 12.5 Å². The molecule has 1 fully saturated rings. The Kier molecular flexibility index (Phi) is 5.71. The van der Waals surface area contributed by atoms with Crippen LogP contribution in [-0.2, 0) is 4.79 Å². The van der Waals surface area contributed by atoms with Gasteiger partial charge in [0.25, 0.3) is 5.91 Å². The lowest BCUT2D eigenvalue weighted by molar-refractivity contribution is -0.133. The van der Waals surface area contributed by atoms with Gasteiger partial charge in [-0.3, -0.25) is 4.79 Å². The summed E-state index contributed by atoms with van der Waals surface area (Å²) in [6.07, 6.45) is 0. The number of carbonyl (C=O) groups excluding carboxylic acids is 1. The molecule has 1 saturated heterocycles. The number of methoxy groups -OCH3 is 2. The van der Waals surface area contributed by atoms with Crippen molar-refractivity contribution in [2.75, 3.05) is 51.9 Å². The summed E-state index contributed by atoms with van der Waals surface area (Å²) in [4.78, 5) is 21.4. The third kappa shape index (κ3) is 4.07. The number of thiazole rings is 1. The zero-order valence-electron chi connectivity index (χ0n) is 16.5. The number of benzene rings is 2. The highest BCUT2D eigenvalue weighted by atomic mass is 32.1. The van der Waals surface area contributed by atoms with Gasteiger partial charge in [-0.15, -0.1) is 0 Å². The summed E-state index contributed by atoms with van der Waals surface area (Å²) in [6, 6.07) is 13.3. The minimum atomic E-state index is -0.0264. The second kappa shape index (κ2) is 8.57. The van der Waals surface area contributed by atoms with Crippen LogP contribution in [0, 0.1) is 0 Å². The SMILES string of the molecule is COc1ccccc1OCC(=O)N1CCN(c2nc3c(OC)cccc3s2)CC1. The lowest BCUT2D eigenvalue weighted by Gasteiger charge is -2.34. The molecule has 0 saturated carbocycles. The van der Waals surface area contributed by atoms with Crippen LogP contribution in [0.2, 0.25) is 0 Å². The Morgan fingerprint density at radius 1 is 0.966 bits per heavy atom. The Morgan fingerprint density at radius 2 is 1.66 bits per heavy atom. The largest absolute Gasteiger partial charge is 0.494 e. The standard InChI is InChI=1S/C21H23N3O4S/c1-26-15-6-3-4-7-16(15)28-14-19(25)23-10-12-24(13-11-23)21-22-20-17(27-2)8-5-9-18(20)29-21/h3-9H,10-14H2,1-2H3. The number of para-hydroxylation sites is 3. The average Bonchev–Trinajstić information content (AvgIpc) is 3.22. The molecule has 1 amide bonds. The van der Waals surface area contributed by atoms with Crippen LogP contribution in [0.15, 0.2) is 42.5 Å². The first-order valence-electron chi connectivity index (χ1n) is 9.41. The number of fused-ring (bicyclic) bond motifs is 1. The Labute approximate surface area is 173 Å². The smallest absolute Gasteiger partial charge is 0.260 e. The molecular formula is C21H23N3O4S. The number of nitrogens with zero attached hydrogens (tertiary/aromatic N) is 3. The first kappa shape index (κ1) is 19.3. The third-order valence-corrected chi connectivity index (χ3v) is 6.00. The normalized spacial score (nSPS) is 14.1. The number of anilines is 1. The van der Waals surface area contributed by atoms with Crippen LogP contribution < -0.4 is 19.1 Å². The highest BCUT2D eigenvalue weighted by molar-refractivity contribution is 7.22. The first-order valence-corrected chi connectivity index (χ1v) is 10.2. The number of hydrogen-bond donors (Lipinski definition) is 0. The van der Waals surface area contributed by atoms with E-state index in [1.54, 1.807) is 31.6 Å². The van der Waals surface area contributed by atoms with Gasteiger partial charge < -0.3 is 24.0 Å². The molecule has 0 radical (unpaired) electrons. The van der Waals surface area contributed by atoms with E-state index in [1.807, 2.05) is 41.3 Å².